The van der Waals surface area contributed by atoms with Crippen LogP contribution in [0.1, 0.15) is 0 Å². The third-order valence-corrected chi connectivity index (χ3v) is 2.48. The van der Waals surface area contributed by atoms with Crippen LogP contribution in [0.3, 0.4) is 0 Å². The maximum atomic E-state index is 5.61. The number of hydrogen-bond donors (Lipinski definition) is 1. The summed E-state index contributed by atoms with van der Waals surface area (Å²) >= 11 is 3.38. The molecule has 0 saturated carbocycles. The van der Waals surface area contributed by atoms with E-state index < -0.39 is 0 Å². The first-order chi connectivity index (χ1) is 6.25. The van der Waals surface area contributed by atoms with E-state index in [9.17, 15) is 0 Å². The van der Waals surface area contributed by atoms with E-state index in [0.717, 1.165) is 15.9 Å². The zero-order valence-electron chi connectivity index (χ0n) is 7.00. The summed E-state index contributed by atoms with van der Waals surface area (Å²) in [7, 11) is 0. The second kappa shape index (κ2) is 3.55. The van der Waals surface area contributed by atoms with Gasteiger partial charge in [-0.2, -0.15) is 0 Å². The molecule has 1 aliphatic rings. The van der Waals surface area contributed by atoms with Gasteiger partial charge in [0, 0.05) is 5.69 Å². The van der Waals surface area contributed by atoms with Crippen molar-refractivity contribution in [1.29, 1.82) is 0 Å². The van der Waals surface area contributed by atoms with Gasteiger partial charge in [-0.25, -0.2) is 0 Å². The zero-order valence-corrected chi connectivity index (χ0v) is 8.58. The molecule has 0 aliphatic carbocycles. The van der Waals surface area contributed by atoms with E-state index in [0.29, 0.717) is 13.2 Å². The smallest absolute Gasteiger partial charge is 0.145 e. The van der Waals surface area contributed by atoms with Gasteiger partial charge in [-0.15, -0.1) is 0 Å². The topological polar surface area (TPSA) is 44.5 Å². The van der Waals surface area contributed by atoms with Gasteiger partial charge in [0.05, 0.1) is 17.7 Å². The van der Waals surface area contributed by atoms with Gasteiger partial charge in [-0.05, 0) is 34.1 Å². The van der Waals surface area contributed by atoms with Gasteiger partial charge in [0.2, 0.25) is 0 Å². The van der Waals surface area contributed by atoms with Gasteiger partial charge in [-0.3, -0.25) is 0 Å². The molecule has 4 heteroatoms. The van der Waals surface area contributed by atoms with Gasteiger partial charge < -0.3 is 15.2 Å². The molecule has 1 aliphatic heterocycles. The minimum Gasteiger partial charge on any atom is -0.484 e. The lowest BCUT2D eigenvalue weighted by molar-refractivity contribution is -0.0799. The van der Waals surface area contributed by atoms with Crippen molar-refractivity contribution in [3.63, 3.8) is 0 Å². The van der Waals surface area contributed by atoms with Crippen molar-refractivity contribution in [2.45, 2.75) is 6.10 Å². The van der Waals surface area contributed by atoms with E-state index in [4.69, 9.17) is 15.2 Å². The van der Waals surface area contributed by atoms with Crippen LogP contribution in [0.25, 0.3) is 0 Å². The first-order valence-corrected chi connectivity index (χ1v) is 4.84. The normalized spacial score (nSPS) is 16.7. The summed E-state index contributed by atoms with van der Waals surface area (Å²) < 4.78 is 11.5. The molecule has 0 amide bonds. The molecule has 3 nitrogen and oxygen atoms in total. The Labute approximate surface area is 85.0 Å². The van der Waals surface area contributed by atoms with Crippen LogP contribution < -0.4 is 10.5 Å². The van der Waals surface area contributed by atoms with Gasteiger partial charge in [0.25, 0.3) is 0 Å². The van der Waals surface area contributed by atoms with Crippen molar-refractivity contribution in [3.8, 4) is 5.75 Å². The molecule has 1 fully saturated rings. The van der Waals surface area contributed by atoms with Gasteiger partial charge in [0.15, 0.2) is 0 Å². The third-order valence-electron chi connectivity index (χ3n) is 1.86. The Bertz CT molecular complexity index is 312. The van der Waals surface area contributed by atoms with Gasteiger partial charge in [-0.1, -0.05) is 0 Å². The molecule has 2 N–H and O–H groups in total. The summed E-state index contributed by atoms with van der Waals surface area (Å²) in [4.78, 5) is 0. The van der Waals surface area contributed by atoms with E-state index in [1.807, 2.05) is 18.2 Å². The molecule has 1 aromatic carbocycles. The van der Waals surface area contributed by atoms with Crippen LogP contribution in [0.2, 0.25) is 0 Å². The van der Waals surface area contributed by atoms with Crippen molar-refractivity contribution in [1.82, 2.24) is 0 Å². The predicted octanol–water partition coefficient (Wildman–Crippen LogP) is 1.81. The van der Waals surface area contributed by atoms with Crippen molar-refractivity contribution in [2.24, 2.45) is 0 Å². The number of nitrogens with two attached hydrogens (primary N) is 1. The molecule has 1 saturated heterocycles. The number of rotatable bonds is 2. The highest BCUT2D eigenvalue weighted by Gasteiger charge is 2.20. The van der Waals surface area contributed by atoms with Crippen LogP contribution in [-0.2, 0) is 4.74 Å². The molecule has 13 heavy (non-hydrogen) atoms. The van der Waals surface area contributed by atoms with E-state index in [1.165, 1.54) is 0 Å². The standard InChI is InChI=1S/C9H10BrNO2/c10-8-3-6(11)1-2-9(8)13-7-4-12-5-7/h1-3,7H,4-5,11H2. The van der Waals surface area contributed by atoms with Crippen LogP contribution in [0.15, 0.2) is 22.7 Å². The van der Waals surface area contributed by atoms with E-state index in [2.05, 4.69) is 15.9 Å². The lowest BCUT2D eigenvalue weighted by Crippen LogP contribution is -2.38. The first kappa shape index (κ1) is 8.84. The SMILES string of the molecule is Nc1ccc(OC2COC2)c(Br)c1. The second-order valence-corrected chi connectivity index (χ2v) is 3.82. The van der Waals surface area contributed by atoms with Crippen LogP contribution in [0.4, 0.5) is 5.69 Å². The molecule has 70 valence electrons. The molecular weight excluding hydrogens is 234 g/mol. The summed E-state index contributed by atoms with van der Waals surface area (Å²) in [5.74, 6) is 0.822. The molecule has 2 rings (SSSR count). The summed E-state index contributed by atoms with van der Waals surface area (Å²) in [6.45, 7) is 1.35. The fraction of sp³-hybridized carbons (Fsp3) is 0.333. The second-order valence-electron chi connectivity index (χ2n) is 2.97. The highest BCUT2D eigenvalue weighted by molar-refractivity contribution is 9.10. The molecule has 0 atom stereocenters. The maximum absolute atomic E-state index is 5.61. The van der Waals surface area contributed by atoms with Gasteiger partial charge in [0.1, 0.15) is 11.9 Å². The van der Waals surface area contributed by atoms with Crippen LogP contribution in [-0.4, -0.2) is 19.3 Å². The Kier molecular flexibility index (Phi) is 2.42. The number of benzene rings is 1. The van der Waals surface area contributed by atoms with E-state index in [-0.39, 0.29) is 6.10 Å². The monoisotopic (exact) mass is 243 g/mol. The van der Waals surface area contributed by atoms with Crippen LogP contribution in [0.5, 0.6) is 5.75 Å². The Hall–Kier alpha value is -0.740. The molecule has 1 heterocycles. The van der Waals surface area contributed by atoms with E-state index >= 15 is 0 Å². The largest absolute Gasteiger partial charge is 0.484 e. The number of halogens is 1. The Morgan fingerprint density at radius 2 is 2.23 bits per heavy atom. The number of hydrogen-bond acceptors (Lipinski definition) is 3. The Morgan fingerprint density at radius 1 is 1.46 bits per heavy atom. The van der Waals surface area contributed by atoms with Crippen molar-refractivity contribution >= 4 is 21.6 Å². The minimum atomic E-state index is 0.194. The number of nitrogen functional groups attached to an aromatic ring is 1. The first-order valence-electron chi connectivity index (χ1n) is 4.05. The fourth-order valence-corrected chi connectivity index (χ4v) is 1.56. The molecule has 0 aromatic heterocycles. The lowest BCUT2D eigenvalue weighted by Gasteiger charge is -2.27. The van der Waals surface area contributed by atoms with Crippen molar-refractivity contribution in [3.05, 3.63) is 22.7 Å². The number of ether oxygens (including phenoxy) is 2. The quantitative estimate of drug-likeness (QED) is 0.807. The summed E-state index contributed by atoms with van der Waals surface area (Å²) in [6, 6.07) is 5.51. The lowest BCUT2D eigenvalue weighted by atomic mass is 10.3. The number of anilines is 1. The van der Waals surface area contributed by atoms with E-state index in [1.54, 1.807) is 0 Å². The Balaban J connectivity index is 2.10. The third kappa shape index (κ3) is 1.95. The highest BCUT2D eigenvalue weighted by Crippen LogP contribution is 2.28. The maximum Gasteiger partial charge on any atom is 0.145 e. The fourth-order valence-electron chi connectivity index (χ4n) is 1.07. The van der Waals surface area contributed by atoms with Crippen LogP contribution >= 0.6 is 15.9 Å². The zero-order chi connectivity index (χ0) is 9.26. The molecular formula is C9H10BrNO2. The predicted molar refractivity (Wildman–Crippen MR) is 53.8 cm³/mol. The van der Waals surface area contributed by atoms with Crippen molar-refractivity contribution < 1.29 is 9.47 Å². The molecule has 0 radical (unpaired) electrons. The Morgan fingerprint density at radius 3 is 2.77 bits per heavy atom. The average Bonchev–Trinajstić information content (AvgIpc) is 1.99. The van der Waals surface area contributed by atoms with Gasteiger partial charge >= 0.3 is 0 Å². The minimum absolute atomic E-state index is 0.194. The summed E-state index contributed by atoms with van der Waals surface area (Å²) in [5, 5.41) is 0. The summed E-state index contributed by atoms with van der Waals surface area (Å²) in [6.07, 6.45) is 0.194. The summed E-state index contributed by atoms with van der Waals surface area (Å²) in [5.41, 5.74) is 6.32. The molecule has 0 spiro atoms. The highest BCUT2D eigenvalue weighted by atomic mass is 79.9. The molecule has 0 unspecified atom stereocenters. The van der Waals surface area contributed by atoms with Crippen molar-refractivity contribution in [2.75, 3.05) is 18.9 Å². The molecule has 0 bridgehead atoms. The average molecular weight is 244 g/mol. The molecule has 1 aromatic rings. The van der Waals surface area contributed by atoms with Crippen LogP contribution in [0, 0.1) is 0 Å².